The van der Waals surface area contributed by atoms with Gasteiger partial charge in [0.25, 0.3) is 0 Å². The summed E-state index contributed by atoms with van der Waals surface area (Å²) in [4.78, 5) is 0. The fourth-order valence-electron chi connectivity index (χ4n) is 1.36. The minimum absolute atomic E-state index is 0.163. The largest absolute Gasteiger partial charge is 0.176 e. The van der Waals surface area contributed by atoms with Crippen molar-refractivity contribution in [1.29, 1.82) is 0 Å². The summed E-state index contributed by atoms with van der Waals surface area (Å²) in [6.45, 7) is 4.24. The molecule has 0 spiro atoms. The summed E-state index contributed by atoms with van der Waals surface area (Å²) in [5, 5.41) is 0.760. The fraction of sp³-hybridized carbons (Fsp3) is 1.00. The van der Waals surface area contributed by atoms with Crippen LogP contribution in [0.2, 0.25) is 0 Å². The van der Waals surface area contributed by atoms with Crippen molar-refractivity contribution in [3.05, 3.63) is 0 Å². The molecule has 0 fully saturated rings. The monoisotopic (exact) mass is 256 g/mol. The zero-order valence-corrected chi connectivity index (χ0v) is 11.8. The lowest BCUT2D eigenvalue weighted by atomic mass is 10.1. The van der Waals surface area contributed by atoms with Crippen LogP contribution in [0.4, 0.5) is 0 Å². The Morgan fingerprint density at radius 1 is 1.23 bits per heavy atom. The molecule has 0 aromatic heterocycles. The molecule has 0 aliphatic rings. The smallest absolute Gasteiger partial charge is 0.0562 e. The van der Waals surface area contributed by atoms with E-state index in [9.17, 15) is 0 Å². The van der Waals surface area contributed by atoms with Gasteiger partial charge in [0.05, 0.1) is 4.08 Å². The van der Waals surface area contributed by atoms with Crippen LogP contribution in [0.25, 0.3) is 0 Å². The predicted octanol–water partition coefficient (Wildman–Crippen LogP) is 3.74. The Morgan fingerprint density at radius 3 is 2.15 bits per heavy atom. The van der Waals surface area contributed by atoms with Gasteiger partial charge >= 0.3 is 0 Å². The molecular weight excluding hydrogens is 236 g/mol. The van der Waals surface area contributed by atoms with Gasteiger partial charge in [-0.3, -0.25) is 0 Å². The number of rotatable bonds is 6. The minimum atomic E-state index is -0.163. The van der Waals surface area contributed by atoms with Crippen molar-refractivity contribution in [1.82, 2.24) is 0 Å². The molecule has 4 heteroatoms. The van der Waals surface area contributed by atoms with Crippen molar-refractivity contribution in [3.63, 3.8) is 0 Å². The first-order chi connectivity index (χ1) is 5.87. The summed E-state index contributed by atoms with van der Waals surface area (Å²) >= 11 is 17.9. The maximum absolute atomic E-state index is 4.52. The van der Waals surface area contributed by atoms with Gasteiger partial charge in [-0.2, -0.15) is 50.5 Å². The average molecular weight is 257 g/mol. The van der Waals surface area contributed by atoms with Gasteiger partial charge in [0.15, 0.2) is 0 Å². The van der Waals surface area contributed by atoms with Crippen LogP contribution in [0.3, 0.4) is 0 Å². The normalized spacial score (nSPS) is 17.1. The van der Waals surface area contributed by atoms with Gasteiger partial charge in [0.2, 0.25) is 0 Å². The minimum Gasteiger partial charge on any atom is -0.176 e. The van der Waals surface area contributed by atoms with Crippen molar-refractivity contribution in [2.75, 3.05) is 0 Å². The standard InChI is InChI=1S/C9H20S4/c1-3-4-9(12,13)6-8(11)5-7(2)10/h7-8,10-13H,3-6H2,1-2H3. The molecule has 0 aliphatic carbocycles. The molecule has 2 atom stereocenters. The summed E-state index contributed by atoms with van der Waals surface area (Å²) in [6.07, 6.45) is 4.08. The summed E-state index contributed by atoms with van der Waals surface area (Å²) in [6, 6.07) is 0. The molecule has 0 bridgehead atoms. The van der Waals surface area contributed by atoms with Crippen molar-refractivity contribution < 1.29 is 0 Å². The summed E-state index contributed by atoms with van der Waals surface area (Å²) in [5.74, 6) is 0. The van der Waals surface area contributed by atoms with E-state index in [4.69, 9.17) is 0 Å². The van der Waals surface area contributed by atoms with Crippen molar-refractivity contribution in [3.8, 4) is 0 Å². The lowest BCUT2D eigenvalue weighted by Crippen LogP contribution is -2.20. The molecular formula is C9H20S4. The number of thiol groups is 4. The molecule has 0 aromatic rings. The molecule has 0 saturated heterocycles. The van der Waals surface area contributed by atoms with Crippen LogP contribution in [0.5, 0.6) is 0 Å². The quantitative estimate of drug-likeness (QED) is 0.404. The zero-order valence-electron chi connectivity index (χ0n) is 8.27. The van der Waals surface area contributed by atoms with Crippen LogP contribution in [-0.2, 0) is 0 Å². The molecule has 0 amide bonds. The predicted molar refractivity (Wildman–Crippen MR) is 76.1 cm³/mol. The van der Waals surface area contributed by atoms with E-state index in [-0.39, 0.29) is 4.08 Å². The molecule has 13 heavy (non-hydrogen) atoms. The van der Waals surface area contributed by atoms with Crippen molar-refractivity contribution in [2.45, 2.75) is 54.1 Å². The Balaban J connectivity index is 3.81. The highest BCUT2D eigenvalue weighted by Gasteiger charge is 2.23. The molecule has 0 nitrogen and oxygen atoms in total. The zero-order chi connectivity index (χ0) is 10.5. The first-order valence-electron chi connectivity index (χ1n) is 4.68. The Labute approximate surface area is 104 Å². The third-order valence-electron chi connectivity index (χ3n) is 1.83. The topological polar surface area (TPSA) is 0 Å². The SMILES string of the molecule is CCCC(S)(S)CC(S)CC(C)S. The van der Waals surface area contributed by atoms with E-state index in [1.165, 1.54) is 0 Å². The summed E-state index contributed by atoms with van der Waals surface area (Å²) in [5.41, 5.74) is 0. The van der Waals surface area contributed by atoms with Crippen LogP contribution in [0.15, 0.2) is 0 Å². The maximum atomic E-state index is 4.52. The van der Waals surface area contributed by atoms with Gasteiger partial charge in [-0.05, 0) is 24.5 Å². The molecule has 80 valence electrons. The second-order valence-electron chi connectivity index (χ2n) is 3.68. The molecule has 0 rings (SSSR count). The van der Waals surface area contributed by atoms with Gasteiger partial charge in [-0.25, -0.2) is 0 Å². The van der Waals surface area contributed by atoms with E-state index in [1.807, 2.05) is 0 Å². The Kier molecular flexibility index (Phi) is 7.54. The second kappa shape index (κ2) is 6.81. The van der Waals surface area contributed by atoms with Crippen LogP contribution in [0.1, 0.15) is 39.5 Å². The van der Waals surface area contributed by atoms with Crippen molar-refractivity contribution >= 4 is 50.5 Å². The van der Waals surface area contributed by atoms with E-state index >= 15 is 0 Å². The lowest BCUT2D eigenvalue weighted by Gasteiger charge is -2.25. The van der Waals surface area contributed by atoms with Crippen LogP contribution in [-0.4, -0.2) is 14.6 Å². The third kappa shape index (κ3) is 8.40. The Bertz CT molecular complexity index is 134. The highest BCUT2D eigenvalue weighted by molar-refractivity contribution is 8.00. The van der Waals surface area contributed by atoms with Gasteiger partial charge in [0.1, 0.15) is 0 Å². The molecule has 0 saturated carbocycles. The van der Waals surface area contributed by atoms with Gasteiger partial charge < -0.3 is 0 Å². The van der Waals surface area contributed by atoms with Crippen LogP contribution < -0.4 is 0 Å². The van der Waals surface area contributed by atoms with Gasteiger partial charge in [0, 0.05) is 5.25 Å². The Morgan fingerprint density at radius 2 is 1.77 bits per heavy atom. The highest BCUT2D eigenvalue weighted by Crippen LogP contribution is 2.33. The Hall–Kier alpha value is 1.40. The molecule has 0 N–H and O–H groups in total. The summed E-state index contributed by atoms with van der Waals surface area (Å²) < 4.78 is -0.163. The van der Waals surface area contributed by atoms with Crippen LogP contribution in [0, 0.1) is 0 Å². The van der Waals surface area contributed by atoms with Gasteiger partial charge in [-0.15, -0.1) is 0 Å². The average Bonchev–Trinajstić information content (AvgIpc) is 1.81. The molecule has 0 aliphatic heterocycles. The van der Waals surface area contributed by atoms with E-state index in [1.54, 1.807) is 0 Å². The highest BCUT2D eigenvalue weighted by atomic mass is 32.2. The van der Waals surface area contributed by atoms with E-state index in [2.05, 4.69) is 64.4 Å². The van der Waals surface area contributed by atoms with E-state index in [0.717, 1.165) is 25.7 Å². The molecule has 0 aromatic carbocycles. The molecule has 2 unspecified atom stereocenters. The first kappa shape index (κ1) is 14.4. The van der Waals surface area contributed by atoms with Gasteiger partial charge in [-0.1, -0.05) is 20.3 Å². The molecule has 0 heterocycles. The first-order valence-corrected chi connectivity index (χ1v) is 6.61. The number of hydrogen-bond acceptors (Lipinski definition) is 4. The summed E-state index contributed by atoms with van der Waals surface area (Å²) in [7, 11) is 0. The van der Waals surface area contributed by atoms with Crippen LogP contribution >= 0.6 is 50.5 Å². The molecule has 0 radical (unpaired) electrons. The van der Waals surface area contributed by atoms with E-state index in [0.29, 0.717) is 10.5 Å². The lowest BCUT2D eigenvalue weighted by molar-refractivity contribution is 0.610. The fourth-order valence-corrected chi connectivity index (χ4v) is 3.58. The van der Waals surface area contributed by atoms with Crippen molar-refractivity contribution in [2.24, 2.45) is 0 Å². The van der Waals surface area contributed by atoms with E-state index < -0.39 is 0 Å². The number of hydrogen-bond donors (Lipinski definition) is 4. The maximum Gasteiger partial charge on any atom is 0.0562 e. The second-order valence-corrected chi connectivity index (χ2v) is 7.35. The third-order valence-corrected chi connectivity index (χ3v) is 3.24.